The summed E-state index contributed by atoms with van der Waals surface area (Å²) in [5, 5.41) is 3.32. The van der Waals surface area contributed by atoms with Gasteiger partial charge in [0.2, 0.25) is 5.88 Å². The number of nitrogens with zero attached hydrogens (tertiary/aromatic N) is 2. The van der Waals surface area contributed by atoms with Crippen molar-refractivity contribution in [2.45, 2.75) is 26.7 Å². The van der Waals surface area contributed by atoms with Gasteiger partial charge < -0.3 is 10.1 Å². The molecule has 0 aliphatic carbocycles. The summed E-state index contributed by atoms with van der Waals surface area (Å²) in [6, 6.07) is 7.92. The third-order valence-electron chi connectivity index (χ3n) is 2.81. The standard InChI is InChI=1S/C15H18IN3O/c1-3-8-17-14-13(4-2)15(19-10-18-14)20-12-7-5-6-11(16)9-12/h5-7,9-10H,3-4,8H2,1-2H3,(H,17,18,19). The molecule has 0 amide bonds. The van der Waals surface area contributed by atoms with Crippen LogP contribution in [0.15, 0.2) is 30.6 Å². The third kappa shape index (κ3) is 3.82. The Morgan fingerprint density at radius 1 is 1.25 bits per heavy atom. The molecule has 0 saturated heterocycles. The maximum absolute atomic E-state index is 5.91. The fourth-order valence-electron chi connectivity index (χ4n) is 1.84. The number of aromatic nitrogens is 2. The van der Waals surface area contributed by atoms with Crippen molar-refractivity contribution in [1.82, 2.24) is 9.97 Å². The van der Waals surface area contributed by atoms with Gasteiger partial charge >= 0.3 is 0 Å². The van der Waals surface area contributed by atoms with Crippen LogP contribution < -0.4 is 10.1 Å². The highest BCUT2D eigenvalue weighted by atomic mass is 127. The first-order chi connectivity index (χ1) is 9.74. The zero-order chi connectivity index (χ0) is 14.4. The van der Waals surface area contributed by atoms with Crippen molar-refractivity contribution in [3.63, 3.8) is 0 Å². The van der Waals surface area contributed by atoms with Crippen LogP contribution in [0.5, 0.6) is 11.6 Å². The molecule has 1 heterocycles. The maximum Gasteiger partial charge on any atom is 0.227 e. The summed E-state index contributed by atoms with van der Waals surface area (Å²) in [6.45, 7) is 5.10. The fourth-order valence-corrected chi connectivity index (χ4v) is 2.36. The molecule has 0 radical (unpaired) electrons. The molecule has 0 bridgehead atoms. The van der Waals surface area contributed by atoms with Crippen molar-refractivity contribution >= 4 is 28.4 Å². The quantitative estimate of drug-likeness (QED) is 0.758. The van der Waals surface area contributed by atoms with Gasteiger partial charge in [0, 0.05) is 10.1 Å². The molecule has 1 aromatic carbocycles. The molecule has 2 rings (SSSR count). The average molecular weight is 383 g/mol. The lowest BCUT2D eigenvalue weighted by Crippen LogP contribution is -2.07. The predicted octanol–water partition coefficient (Wildman–Crippen LogP) is 4.26. The van der Waals surface area contributed by atoms with Crippen LogP contribution in [-0.4, -0.2) is 16.5 Å². The summed E-state index contributed by atoms with van der Waals surface area (Å²) in [7, 11) is 0. The smallest absolute Gasteiger partial charge is 0.227 e. The second-order valence-electron chi connectivity index (χ2n) is 4.35. The normalized spacial score (nSPS) is 10.3. The van der Waals surface area contributed by atoms with Gasteiger partial charge in [0.15, 0.2) is 0 Å². The first-order valence-corrected chi connectivity index (χ1v) is 7.83. The number of nitrogens with one attached hydrogen (secondary N) is 1. The lowest BCUT2D eigenvalue weighted by atomic mass is 10.2. The molecule has 0 fully saturated rings. The number of halogens is 1. The molecule has 4 nitrogen and oxygen atoms in total. The van der Waals surface area contributed by atoms with Crippen molar-refractivity contribution in [1.29, 1.82) is 0 Å². The molecule has 5 heteroatoms. The van der Waals surface area contributed by atoms with E-state index < -0.39 is 0 Å². The number of benzene rings is 1. The van der Waals surface area contributed by atoms with E-state index in [0.717, 1.165) is 40.1 Å². The van der Waals surface area contributed by atoms with Gasteiger partial charge in [0.25, 0.3) is 0 Å². The van der Waals surface area contributed by atoms with Gasteiger partial charge in [-0.25, -0.2) is 9.97 Å². The second kappa shape index (κ2) is 7.42. The van der Waals surface area contributed by atoms with Gasteiger partial charge in [-0.2, -0.15) is 0 Å². The van der Waals surface area contributed by atoms with Crippen LogP contribution in [0.3, 0.4) is 0 Å². The number of ether oxygens (including phenoxy) is 1. The Balaban J connectivity index is 2.26. The van der Waals surface area contributed by atoms with Gasteiger partial charge in [-0.15, -0.1) is 0 Å². The second-order valence-corrected chi connectivity index (χ2v) is 5.59. The van der Waals surface area contributed by atoms with Crippen LogP contribution in [0.2, 0.25) is 0 Å². The number of hydrogen-bond donors (Lipinski definition) is 1. The van der Waals surface area contributed by atoms with Crippen LogP contribution in [0.25, 0.3) is 0 Å². The maximum atomic E-state index is 5.91. The summed E-state index contributed by atoms with van der Waals surface area (Å²) in [6.07, 6.45) is 3.42. The summed E-state index contributed by atoms with van der Waals surface area (Å²) >= 11 is 2.27. The van der Waals surface area contributed by atoms with E-state index in [4.69, 9.17) is 4.74 Å². The molecule has 20 heavy (non-hydrogen) atoms. The Hall–Kier alpha value is -1.37. The minimum Gasteiger partial charge on any atom is -0.439 e. The van der Waals surface area contributed by atoms with Crippen LogP contribution in [0.4, 0.5) is 5.82 Å². The molecule has 2 aromatic rings. The van der Waals surface area contributed by atoms with E-state index in [1.807, 2.05) is 24.3 Å². The third-order valence-corrected chi connectivity index (χ3v) is 3.48. The molecule has 0 spiro atoms. The van der Waals surface area contributed by atoms with E-state index in [0.29, 0.717) is 5.88 Å². The van der Waals surface area contributed by atoms with Crippen LogP contribution >= 0.6 is 22.6 Å². The van der Waals surface area contributed by atoms with Gasteiger partial charge in [0.05, 0.1) is 5.56 Å². The monoisotopic (exact) mass is 383 g/mol. The summed E-state index contributed by atoms with van der Waals surface area (Å²) in [4.78, 5) is 8.57. The fraction of sp³-hybridized carbons (Fsp3) is 0.333. The SMILES string of the molecule is CCCNc1ncnc(Oc2cccc(I)c2)c1CC. The zero-order valence-corrected chi connectivity index (χ0v) is 13.8. The zero-order valence-electron chi connectivity index (χ0n) is 11.7. The molecular formula is C15H18IN3O. The molecule has 0 saturated carbocycles. The van der Waals surface area contributed by atoms with E-state index in [-0.39, 0.29) is 0 Å². The Morgan fingerprint density at radius 2 is 2.10 bits per heavy atom. The first kappa shape index (κ1) is 15.0. The molecular weight excluding hydrogens is 365 g/mol. The largest absolute Gasteiger partial charge is 0.439 e. The van der Waals surface area contributed by atoms with Crippen molar-refractivity contribution in [3.8, 4) is 11.6 Å². The lowest BCUT2D eigenvalue weighted by molar-refractivity contribution is 0.455. The van der Waals surface area contributed by atoms with Gasteiger partial charge in [-0.3, -0.25) is 0 Å². The molecule has 1 aromatic heterocycles. The van der Waals surface area contributed by atoms with Crippen molar-refractivity contribution in [2.75, 3.05) is 11.9 Å². The topological polar surface area (TPSA) is 47.0 Å². The number of rotatable bonds is 6. The van der Waals surface area contributed by atoms with Gasteiger partial charge in [-0.1, -0.05) is 19.9 Å². The van der Waals surface area contributed by atoms with E-state index in [1.54, 1.807) is 6.33 Å². The Kier molecular flexibility index (Phi) is 5.58. The Bertz CT molecular complexity index is 575. The number of hydrogen-bond acceptors (Lipinski definition) is 4. The lowest BCUT2D eigenvalue weighted by Gasteiger charge is -2.13. The van der Waals surface area contributed by atoms with E-state index in [2.05, 4.69) is 51.7 Å². The highest BCUT2D eigenvalue weighted by molar-refractivity contribution is 14.1. The highest BCUT2D eigenvalue weighted by Crippen LogP contribution is 2.28. The predicted molar refractivity (Wildman–Crippen MR) is 89.4 cm³/mol. The highest BCUT2D eigenvalue weighted by Gasteiger charge is 2.11. The van der Waals surface area contributed by atoms with E-state index in [1.165, 1.54) is 0 Å². The van der Waals surface area contributed by atoms with Crippen LogP contribution in [-0.2, 0) is 6.42 Å². The molecule has 0 aliphatic rings. The van der Waals surface area contributed by atoms with Gasteiger partial charge in [0.1, 0.15) is 17.9 Å². The van der Waals surface area contributed by atoms with E-state index >= 15 is 0 Å². The molecule has 106 valence electrons. The average Bonchev–Trinajstić information content (AvgIpc) is 2.45. The molecule has 0 unspecified atom stereocenters. The van der Waals surface area contributed by atoms with Crippen molar-refractivity contribution in [2.24, 2.45) is 0 Å². The minimum atomic E-state index is 0.628. The van der Waals surface area contributed by atoms with Gasteiger partial charge in [-0.05, 0) is 53.6 Å². The molecule has 0 aliphatic heterocycles. The van der Waals surface area contributed by atoms with Crippen LogP contribution in [0, 0.1) is 3.57 Å². The van der Waals surface area contributed by atoms with Crippen molar-refractivity contribution in [3.05, 3.63) is 39.7 Å². The Morgan fingerprint density at radius 3 is 2.80 bits per heavy atom. The molecule has 1 N–H and O–H groups in total. The molecule has 0 atom stereocenters. The van der Waals surface area contributed by atoms with Crippen molar-refractivity contribution < 1.29 is 4.74 Å². The summed E-state index contributed by atoms with van der Waals surface area (Å²) in [5.41, 5.74) is 1.01. The van der Waals surface area contributed by atoms with Crippen LogP contribution in [0.1, 0.15) is 25.8 Å². The first-order valence-electron chi connectivity index (χ1n) is 6.75. The van der Waals surface area contributed by atoms with E-state index in [9.17, 15) is 0 Å². The number of anilines is 1. The summed E-state index contributed by atoms with van der Waals surface area (Å²) in [5.74, 6) is 2.29. The Labute approximate surface area is 133 Å². The summed E-state index contributed by atoms with van der Waals surface area (Å²) < 4.78 is 7.04. The minimum absolute atomic E-state index is 0.628.